The van der Waals surface area contributed by atoms with Gasteiger partial charge in [-0.05, 0) is 48.6 Å². The fourth-order valence-corrected chi connectivity index (χ4v) is 4.54. The fourth-order valence-electron chi connectivity index (χ4n) is 4.54. The zero-order chi connectivity index (χ0) is 22.8. The van der Waals surface area contributed by atoms with Gasteiger partial charge in [0.1, 0.15) is 17.3 Å². The summed E-state index contributed by atoms with van der Waals surface area (Å²) in [6.07, 6.45) is 3.68. The number of benzene rings is 2. The van der Waals surface area contributed by atoms with Crippen LogP contribution in [-0.2, 0) is 9.59 Å². The van der Waals surface area contributed by atoms with Crippen LogP contribution in [0.3, 0.4) is 0 Å². The first-order chi connectivity index (χ1) is 15.4. The quantitative estimate of drug-likeness (QED) is 0.387. The Morgan fingerprint density at radius 2 is 1.78 bits per heavy atom. The number of hydrogen-bond acceptors (Lipinski definition) is 5. The minimum Gasteiger partial charge on any atom is -0.508 e. The lowest BCUT2D eigenvalue weighted by molar-refractivity contribution is -0.141. The Kier molecular flexibility index (Phi) is 6.21. The molecule has 168 valence electrons. The predicted octanol–water partition coefficient (Wildman–Crippen LogP) is 4.79. The maximum atomic E-state index is 13.1. The standard InChI is InChI=1S/C26H29NO5/c1-16(2)15-32-21-9-5-6-18(14-21)24(29)22-23(17-10-12-20(28)13-11-17)27(26(31)25(22)30)19-7-3-4-8-19/h5-6,9-14,16,19,23,28-29H,3-4,7-8,15H2,1-2H3/b24-22-. The van der Waals surface area contributed by atoms with E-state index in [0.717, 1.165) is 25.7 Å². The van der Waals surface area contributed by atoms with Gasteiger partial charge >= 0.3 is 0 Å². The summed E-state index contributed by atoms with van der Waals surface area (Å²) in [5.74, 6) is -0.435. The highest BCUT2D eigenvalue weighted by molar-refractivity contribution is 6.46. The second-order valence-electron chi connectivity index (χ2n) is 8.97. The van der Waals surface area contributed by atoms with Crippen LogP contribution < -0.4 is 4.74 Å². The first-order valence-electron chi connectivity index (χ1n) is 11.2. The van der Waals surface area contributed by atoms with E-state index >= 15 is 0 Å². The van der Waals surface area contributed by atoms with E-state index in [9.17, 15) is 19.8 Å². The van der Waals surface area contributed by atoms with Crippen molar-refractivity contribution in [2.24, 2.45) is 5.92 Å². The molecule has 1 aliphatic carbocycles. The van der Waals surface area contributed by atoms with Crippen molar-refractivity contribution in [2.45, 2.75) is 51.6 Å². The maximum Gasteiger partial charge on any atom is 0.295 e. The number of aliphatic hydroxyl groups excluding tert-OH is 1. The highest BCUT2D eigenvalue weighted by Gasteiger charge is 2.49. The average molecular weight is 436 g/mol. The lowest BCUT2D eigenvalue weighted by atomic mass is 9.94. The van der Waals surface area contributed by atoms with Gasteiger partial charge < -0.3 is 19.8 Å². The zero-order valence-corrected chi connectivity index (χ0v) is 18.5. The van der Waals surface area contributed by atoms with Crippen molar-refractivity contribution in [1.82, 2.24) is 4.90 Å². The number of aromatic hydroxyl groups is 1. The number of carbonyl (C=O) groups excluding carboxylic acids is 2. The van der Waals surface area contributed by atoms with Crippen molar-refractivity contribution in [3.63, 3.8) is 0 Å². The van der Waals surface area contributed by atoms with Crippen molar-refractivity contribution in [3.8, 4) is 11.5 Å². The molecular weight excluding hydrogens is 406 g/mol. The van der Waals surface area contributed by atoms with Crippen molar-refractivity contribution in [3.05, 3.63) is 65.2 Å². The van der Waals surface area contributed by atoms with Gasteiger partial charge in [0.2, 0.25) is 0 Å². The number of carbonyl (C=O) groups is 2. The molecule has 1 atom stereocenters. The minimum absolute atomic E-state index is 0.0451. The largest absolute Gasteiger partial charge is 0.508 e. The van der Waals surface area contributed by atoms with Crippen LogP contribution in [-0.4, -0.2) is 39.5 Å². The Morgan fingerprint density at radius 3 is 2.44 bits per heavy atom. The first kappa shape index (κ1) is 21.9. The number of likely N-dealkylation sites (tertiary alicyclic amines) is 1. The van der Waals surface area contributed by atoms with Gasteiger partial charge in [-0.3, -0.25) is 9.59 Å². The monoisotopic (exact) mass is 435 g/mol. The molecule has 2 aromatic rings. The van der Waals surface area contributed by atoms with E-state index in [0.29, 0.717) is 29.4 Å². The molecule has 2 fully saturated rings. The summed E-state index contributed by atoms with van der Waals surface area (Å²) in [6, 6.07) is 12.7. The lowest BCUT2D eigenvalue weighted by Gasteiger charge is -2.30. The van der Waals surface area contributed by atoms with Gasteiger partial charge in [-0.2, -0.15) is 0 Å². The molecule has 1 heterocycles. The summed E-state index contributed by atoms with van der Waals surface area (Å²) in [5, 5.41) is 21.0. The molecule has 2 N–H and O–H groups in total. The van der Waals surface area contributed by atoms with E-state index in [1.54, 1.807) is 41.3 Å². The normalized spacial score (nSPS) is 21.0. The molecule has 0 spiro atoms. The van der Waals surface area contributed by atoms with Crippen LogP contribution >= 0.6 is 0 Å². The van der Waals surface area contributed by atoms with Crippen molar-refractivity contribution in [1.29, 1.82) is 0 Å². The average Bonchev–Trinajstić information content (AvgIpc) is 3.39. The van der Waals surface area contributed by atoms with Gasteiger partial charge in [0.25, 0.3) is 11.7 Å². The number of hydrogen-bond donors (Lipinski definition) is 2. The van der Waals surface area contributed by atoms with Crippen LogP contribution in [0.1, 0.15) is 56.7 Å². The molecule has 0 radical (unpaired) electrons. The summed E-state index contributed by atoms with van der Waals surface area (Å²) < 4.78 is 5.77. The Bertz CT molecular complexity index is 1030. The highest BCUT2D eigenvalue weighted by atomic mass is 16.5. The Morgan fingerprint density at radius 1 is 1.09 bits per heavy atom. The predicted molar refractivity (Wildman–Crippen MR) is 121 cm³/mol. The van der Waals surface area contributed by atoms with Crippen LogP contribution in [0.5, 0.6) is 11.5 Å². The number of rotatable bonds is 6. The van der Waals surface area contributed by atoms with Gasteiger partial charge in [0.05, 0.1) is 18.2 Å². The van der Waals surface area contributed by atoms with Gasteiger partial charge in [0, 0.05) is 11.6 Å². The number of Topliss-reactive ketones (excluding diaryl/α,β-unsaturated/α-hetero) is 1. The number of amides is 1. The van der Waals surface area contributed by atoms with E-state index < -0.39 is 17.7 Å². The van der Waals surface area contributed by atoms with Crippen molar-refractivity contribution >= 4 is 17.4 Å². The second kappa shape index (κ2) is 9.07. The molecule has 1 unspecified atom stereocenters. The molecule has 2 aromatic carbocycles. The molecule has 6 heteroatoms. The second-order valence-corrected chi connectivity index (χ2v) is 8.97. The van der Waals surface area contributed by atoms with E-state index in [-0.39, 0.29) is 23.1 Å². The smallest absolute Gasteiger partial charge is 0.295 e. The van der Waals surface area contributed by atoms with Crippen LogP contribution in [0, 0.1) is 5.92 Å². The molecule has 1 saturated carbocycles. The first-order valence-corrected chi connectivity index (χ1v) is 11.2. The molecule has 0 aromatic heterocycles. The zero-order valence-electron chi connectivity index (χ0n) is 18.5. The van der Waals surface area contributed by atoms with Gasteiger partial charge in [0.15, 0.2) is 0 Å². The molecule has 1 saturated heterocycles. The Labute approximate surface area is 188 Å². The summed E-state index contributed by atoms with van der Waals surface area (Å²) >= 11 is 0. The summed E-state index contributed by atoms with van der Waals surface area (Å²) in [4.78, 5) is 27.9. The van der Waals surface area contributed by atoms with Crippen LogP contribution in [0.25, 0.3) is 5.76 Å². The van der Waals surface area contributed by atoms with E-state index in [2.05, 4.69) is 0 Å². The van der Waals surface area contributed by atoms with Crippen molar-refractivity contribution < 1.29 is 24.5 Å². The SMILES string of the molecule is CC(C)COc1cccc(/C(O)=C2/C(=O)C(=O)N(C3CCCC3)C2c2ccc(O)cc2)c1. The van der Waals surface area contributed by atoms with Crippen LogP contribution in [0.2, 0.25) is 0 Å². The molecule has 0 bridgehead atoms. The summed E-state index contributed by atoms with van der Waals surface area (Å²) in [5.41, 5.74) is 1.19. The third kappa shape index (κ3) is 4.22. The molecule has 1 amide bonds. The number of aliphatic hydroxyl groups is 1. The topological polar surface area (TPSA) is 87.1 Å². The Hall–Kier alpha value is -3.28. The van der Waals surface area contributed by atoms with Crippen molar-refractivity contribution in [2.75, 3.05) is 6.61 Å². The number of ketones is 1. The lowest BCUT2D eigenvalue weighted by Crippen LogP contribution is -2.37. The van der Waals surface area contributed by atoms with E-state index in [1.165, 1.54) is 12.1 Å². The highest BCUT2D eigenvalue weighted by Crippen LogP contribution is 2.43. The molecular formula is C26H29NO5. The summed E-state index contributed by atoms with van der Waals surface area (Å²) in [6.45, 7) is 4.63. The molecule has 4 rings (SSSR count). The van der Waals surface area contributed by atoms with E-state index in [4.69, 9.17) is 4.74 Å². The third-order valence-corrected chi connectivity index (χ3v) is 6.10. The van der Waals surface area contributed by atoms with E-state index in [1.807, 2.05) is 13.8 Å². The number of phenols is 1. The van der Waals surface area contributed by atoms with Gasteiger partial charge in [-0.25, -0.2) is 0 Å². The molecule has 32 heavy (non-hydrogen) atoms. The number of nitrogens with zero attached hydrogens (tertiary/aromatic N) is 1. The fraction of sp³-hybridized carbons (Fsp3) is 0.385. The minimum atomic E-state index is -0.695. The Balaban J connectivity index is 1.80. The number of ether oxygens (including phenoxy) is 1. The van der Waals surface area contributed by atoms with Gasteiger partial charge in [-0.15, -0.1) is 0 Å². The number of phenolic OH excluding ortho intramolecular Hbond substituents is 1. The molecule has 2 aliphatic rings. The maximum absolute atomic E-state index is 13.1. The molecule has 6 nitrogen and oxygen atoms in total. The van der Waals surface area contributed by atoms with Gasteiger partial charge in [-0.1, -0.05) is 51.0 Å². The van der Waals surface area contributed by atoms with Crippen LogP contribution in [0.4, 0.5) is 0 Å². The molecule has 1 aliphatic heterocycles. The van der Waals surface area contributed by atoms with Crippen LogP contribution in [0.15, 0.2) is 54.1 Å². The third-order valence-electron chi connectivity index (χ3n) is 6.10. The summed E-state index contributed by atoms with van der Waals surface area (Å²) in [7, 11) is 0.